The summed E-state index contributed by atoms with van der Waals surface area (Å²) < 4.78 is 19.5. The normalized spacial score (nSPS) is 21.2. The molecular weight excluding hydrogens is 601 g/mol. The van der Waals surface area contributed by atoms with Crippen molar-refractivity contribution in [2.45, 2.75) is 119 Å². The van der Waals surface area contributed by atoms with Crippen molar-refractivity contribution < 1.29 is 14.2 Å². The van der Waals surface area contributed by atoms with E-state index in [0.29, 0.717) is 25.0 Å². The molecule has 0 fully saturated rings. The van der Waals surface area contributed by atoms with Crippen LogP contribution in [0.4, 0.5) is 0 Å². The number of benzene rings is 2. The Labute approximate surface area is 299 Å². The van der Waals surface area contributed by atoms with Crippen LogP contribution in [0.2, 0.25) is 0 Å². The second-order valence-electron chi connectivity index (χ2n) is 17.4. The number of para-hydroxylation sites is 2. The molecule has 0 N–H and O–H groups in total. The number of rotatable bonds is 16. The fourth-order valence-electron chi connectivity index (χ4n) is 6.93. The molecule has 0 aromatic heterocycles. The zero-order valence-electron chi connectivity index (χ0n) is 32.5. The fourth-order valence-corrected chi connectivity index (χ4v) is 6.93. The molecule has 2 aromatic carbocycles. The first kappa shape index (κ1) is 38.8. The minimum Gasteiger partial charge on any atom is -0.493 e. The number of hydrogen-bond acceptors (Lipinski definition) is 3. The van der Waals surface area contributed by atoms with Crippen LogP contribution in [0.3, 0.4) is 0 Å². The highest BCUT2D eigenvalue weighted by atomic mass is 16.5. The molecule has 4 rings (SSSR count). The van der Waals surface area contributed by atoms with Crippen LogP contribution in [-0.4, -0.2) is 26.4 Å². The van der Waals surface area contributed by atoms with Crippen LogP contribution in [0.15, 0.2) is 96.1 Å². The van der Waals surface area contributed by atoms with Gasteiger partial charge in [-0.3, -0.25) is 0 Å². The van der Waals surface area contributed by atoms with Gasteiger partial charge in [0, 0.05) is 35.2 Å². The van der Waals surface area contributed by atoms with Gasteiger partial charge in [-0.05, 0) is 84.5 Å². The van der Waals surface area contributed by atoms with Gasteiger partial charge in [0.1, 0.15) is 11.5 Å². The lowest BCUT2D eigenvalue weighted by Gasteiger charge is -2.37. The van der Waals surface area contributed by atoms with Crippen molar-refractivity contribution in [2.75, 3.05) is 26.4 Å². The molecule has 0 aliphatic heterocycles. The quantitative estimate of drug-likeness (QED) is 0.167. The van der Waals surface area contributed by atoms with Gasteiger partial charge in [-0.2, -0.15) is 0 Å². The average Bonchev–Trinajstić information content (AvgIpc) is 3.04. The highest BCUT2D eigenvalue weighted by molar-refractivity contribution is 5.48. The number of ether oxygens (including phenoxy) is 3. The van der Waals surface area contributed by atoms with Crippen molar-refractivity contribution in [2.24, 2.45) is 22.7 Å². The first-order chi connectivity index (χ1) is 23.2. The van der Waals surface area contributed by atoms with Crippen LogP contribution in [0.25, 0.3) is 0 Å². The number of allylic oxidation sites excluding steroid dienone is 8. The maximum atomic E-state index is 6.63. The second-order valence-corrected chi connectivity index (χ2v) is 17.4. The molecule has 2 aliphatic rings. The van der Waals surface area contributed by atoms with Gasteiger partial charge in [0.25, 0.3) is 0 Å². The molecule has 0 amide bonds. The molecule has 0 spiro atoms. The third kappa shape index (κ3) is 10.5. The Morgan fingerprint density at radius 2 is 0.959 bits per heavy atom. The molecule has 2 aromatic rings. The summed E-state index contributed by atoms with van der Waals surface area (Å²) in [5, 5.41) is 0. The molecule has 268 valence electrons. The molecular formula is C46H66O3. The lowest BCUT2D eigenvalue weighted by Crippen LogP contribution is -2.30. The van der Waals surface area contributed by atoms with E-state index >= 15 is 0 Å². The molecule has 2 atom stereocenters. The molecule has 0 saturated heterocycles. The van der Waals surface area contributed by atoms with E-state index in [4.69, 9.17) is 14.2 Å². The van der Waals surface area contributed by atoms with Crippen LogP contribution in [0.1, 0.15) is 119 Å². The molecule has 2 aliphatic carbocycles. The smallest absolute Gasteiger partial charge is 0.123 e. The molecule has 0 radical (unpaired) electrons. The van der Waals surface area contributed by atoms with E-state index < -0.39 is 0 Å². The third-order valence-electron chi connectivity index (χ3n) is 10.4. The Balaban J connectivity index is 1.53. The molecule has 49 heavy (non-hydrogen) atoms. The Hall–Kier alpha value is -3.04. The van der Waals surface area contributed by atoms with E-state index in [1.54, 1.807) is 0 Å². The lowest BCUT2D eigenvalue weighted by atomic mass is 9.69. The van der Waals surface area contributed by atoms with Crippen LogP contribution in [-0.2, 0) is 15.6 Å². The Morgan fingerprint density at radius 3 is 1.29 bits per heavy atom. The fraction of sp³-hybridized carbons (Fsp3) is 0.565. The van der Waals surface area contributed by atoms with E-state index in [2.05, 4.69) is 154 Å². The van der Waals surface area contributed by atoms with Gasteiger partial charge < -0.3 is 14.2 Å². The summed E-state index contributed by atoms with van der Waals surface area (Å²) in [7, 11) is 0. The van der Waals surface area contributed by atoms with Crippen molar-refractivity contribution in [3.8, 4) is 11.5 Å². The van der Waals surface area contributed by atoms with Crippen LogP contribution < -0.4 is 9.47 Å². The van der Waals surface area contributed by atoms with Crippen molar-refractivity contribution in [1.82, 2.24) is 0 Å². The van der Waals surface area contributed by atoms with Gasteiger partial charge in [0.05, 0.1) is 13.2 Å². The summed E-state index contributed by atoms with van der Waals surface area (Å²) in [5.41, 5.74) is 5.20. The Morgan fingerprint density at radius 1 is 0.571 bits per heavy atom. The molecule has 0 saturated carbocycles. The lowest BCUT2D eigenvalue weighted by molar-refractivity contribution is 0.105. The molecule has 0 heterocycles. The monoisotopic (exact) mass is 667 g/mol. The minimum absolute atomic E-state index is 0.115. The van der Waals surface area contributed by atoms with Crippen LogP contribution in [0.5, 0.6) is 11.5 Å². The molecule has 2 unspecified atom stereocenters. The van der Waals surface area contributed by atoms with Crippen LogP contribution in [0, 0.1) is 22.7 Å². The summed E-state index contributed by atoms with van der Waals surface area (Å²) in [6.45, 7) is 25.6. The topological polar surface area (TPSA) is 27.7 Å². The van der Waals surface area contributed by atoms with Gasteiger partial charge in [-0.1, -0.05) is 142 Å². The summed E-state index contributed by atoms with van der Waals surface area (Å²) in [6.07, 6.45) is 20.2. The summed E-state index contributed by atoms with van der Waals surface area (Å²) >= 11 is 0. The second kappa shape index (κ2) is 16.8. The van der Waals surface area contributed by atoms with Crippen LogP contribution >= 0.6 is 0 Å². The van der Waals surface area contributed by atoms with E-state index in [1.807, 2.05) is 0 Å². The van der Waals surface area contributed by atoms with Gasteiger partial charge in [-0.25, -0.2) is 0 Å². The third-order valence-corrected chi connectivity index (χ3v) is 10.4. The van der Waals surface area contributed by atoms with Crippen molar-refractivity contribution in [3.63, 3.8) is 0 Å². The minimum atomic E-state index is -0.174. The van der Waals surface area contributed by atoms with Crippen molar-refractivity contribution in [1.29, 1.82) is 0 Å². The van der Waals surface area contributed by atoms with E-state index in [-0.39, 0.29) is 21.7 Å². The van der Waals surface area contributed by atoms with E-state index in [9.17, 15) is 0 Å². The average molecular weight is 667 g/mol. The van der Waals surface area contributed by atoms with Gasteiger partial charge in [-0.15, -0.1) is 0 Å². The van der Waals surface area contributed by atoms with Gasteiger partial charge in [0.2, 0.25) is 0 Å². The maximum Gasteiger partial charge on any atom is 0.123 e. The first-order valence-corrected chi connectivity index (χ1v) is 19.0. The Bertz CT molecular complexity index is 1360. The molecule has 3 heteroatoms. The molecule has 0 bridgehead atoms. The predicted molar refractivity (Wildman–Crippen MR) is 209 cm³/mol. The summed E-state index contributed by atoms with van der Waals surface area (Å²) in [5.74, 6) is 3.22. The standard InChI is InChI=1S/C46H66O3/c1-35(2)23-31-48-41-17-13-11-15-39(41)45(25-19-37(20-26-45)43(5,6)7)29-33-47-34-30-46(27-21-38(22-28-46)44(8,9)10)40-16-12-14-18-42(40)49-32-24-36(3)4/h11-22,25,27,35-36H,23-24,26,28-34H2,1-10H3. The van der Waals surface area contributed by atoms with Crippen molar-refractivity contribution in [3.05, 3.63) is 107 Å². The highest BCUT2D eigenvalue weighted by Gasteiger charge is 2.36. The molecule has 3 nitrogen and oxygen atoms in total. The first-order valence-electron chi connectivity index (χ1n) is 19.0. The predicted octanol–water partition coefficient (Wildman–Crippen LogP) is 12.4. The van der Waals surface area contributed by atoms with E-state index in [0.717, 1.165) is 63.2 Å². The maximum absolute atomic E-state index is 6.63. The van der Waals surface area contributed by atoms with Gasteiger partial charge >= 0.3 is 0 Å². The summed E-state index contributed by atoms with van der Waals surface area (Å²) in [4.78, 5) is 0. The SMILES string of the molecule is CC(C)CCOc1ccccc1C1(CCOCCC2(c3ccccc3OCCC(C)C)C=CC(C(C)(C)C)=CC2)C=CC(C(C)(C)C)=CC1. The largest absolute Gasteiger partial charge is 0.493 e. The van der Waals surface area contributed by atoms with Crippen molar-refractivity contribution >= 4 is 0 Å². The zero-order chi connectivity index (χ0) is 35.7. The summed E-state index contributed by atoms with van der Waals surface area (Å²) in [6, 6.07) is 17.3. The zero-order valence-corrected chi connectivity index (χ0v) is 32.5. The Kier molecular flexibility index (Phi) is 13.3. The highest BCUT2D eigenvalue weighted by Crippen LogP contribution is 2.46. The number of hydrogen-bond donors (Lipinski definition) is 0. The van der Waals surface area contributed by atoms with Gasteiger partial charge in [0.15, 0.2) is 0 Å². The van der Waals surface area contributed by atoms with E-state index in [1.165, 1.54) is 22.3 Å².